The van der Waals surface area contributed by atoms with Crippen LogP contribution in [0.3, 0.4) is 0 Å². The number of hydrogen-bond donors (Lipinski definition) is 1. The summed E-state index contributed by atoms with van der Waals surface area (Å²) in [6, 6.07) is 0. The molecule has 0 radical (unpaired) electrons. The lowest BCUT2D eigenvalue weighted by Gasteiger charge is -2.29. The molecule has 0 bridgehead atoms. The van der Waals surface area contributed by atoms with Crippen molar-refractivity contribution in [3.8, 4) is 0 Å². The highest BCUT2D eigenvalue weighted by Crippen LogP contribution is 2.11. The molecule has 1 aliphatic rings. The summed E-state index contributed by atoms with van der Waals surface area (Å²) in [5, 5.41) is 9.29. The first-order valence-corrected chi connectivity index (χ1v) is 6.71. The summed E-state index contributed by atoms with van der Waals surface area (Å²) in [6.07, 6.45) is 2.50. The van der Waals surface area contributed by atoms with Crippen molar-refractivity contribution in [1.29, 1.82) is 0 Å². The number of carbonyl (C=O) groups is 1. The summed E-state index contributed by atoms with van der Waals surface area (Å²) in [6.45, 7) is 14.3. The lowest BCUT2D eigenvalue weighted by molar-refractivity contribution is 0.0189. The van der Waals surface area contributed by atoms with Crippen LogP contribution in [0.15, 0.2) is 12.2 Å². The summed E-state index contributed by atoms with van der Waals surface area (Å²) >= 11 is 0. The molecule has 0 saturated heterocycles. The minimum absolute atomic E-state index is 0.311. The first-order chi connectivity index (χ1) is 8.38. The van der Waals surface area contributed by atoms with E-state index in [0.717, 1.165) is 0 Å². The Balaban J connectivity index is 0. The molecule has 0 saturated carbocycles. The van der Waals surface area contributed by atoms with Crippen LogP contribution in [0.25, 0.3) is 0 Å². The summed E-state index contributed by atoms with van der Waals surface area (Å²) < 4.78 is 5.17. The molecule has 1 N–H and O–H groups in total. The highest BCUT2D eigenvalue weighted by molar-refractivity contribution is 5.68. The van der Waals surface area contributed by atoms with E-state index < -0.39 is 11.7 Å². The number of nitrogens with zero attached hydrogens (tertiary/aromatic N) is 1. The topological polar surface area (TPSA) is 49.8 Å². The van der Waals surface area contributed by atoms with E-state index in [1.165, 1.54) is 4.90 Å². The zero-order chi connectivity index (χ0) is 14.8. The van der Waals surface area contributed by atoms with Gasteiger partial charge in [-0.15, -0.1) is 0 Å². The molecule has 108 valence electrons. The Hall–Kier alpha value is -1.03. The number of hydrogen-bond acceptors (Lipinski definition) is 3. The van der Waals surface area contributed by atoms with Gasteiger partial charge < -0.3 is 14.7 Å². The summed E-state index contributed by atoms with van der Waals surface area (Å²) in [5.74, 6) is 0. The monoisotopic (exact) mass is 259 g/mol. The highest BCUT2D eigenvalue weighted by Gasteiger charge is 2.24. The van der Waals surface area contributed by atoms with Crippen LogP contribution in [-0.2, 0) is 4.74 Å². The maximum atomic E-state index is 11.5. The quantitative estimate of drug-likeness (QED) is 0.680. The standard InChI is InChI=1S/C10H17NO3.2C2H6/c1-10(2,3)14-9(13)11-6-4-5-8(12)7-11;2*1-2/h4-5,8,12H,6-7H2,1-3H3;2*1-2H3. The largest absolute Gasteiger partial charge is 0.444 e. The first-order valence-electron chi connectivity index (χ1n) is 6.71. The number of β-amino-alcohol motifs (C(OH)–C–C–N with tert-alkyl or cyclic N) is 1. The van der Waals surface area contributed by atoms with Crippen molar-refractivity contribution in [2.24, 2.45) is 0 Å². The molecular formula is C14H29NO3. The van der Waals surface area contributed by atoms with E-state index in [1.807, 2.05) is 48.5 Å². The van der Waals surface area contributed by atoms with Crippen molar-refractivity contribution in [3.05, 3.63) is 12.2 Å². The van der Waals surface area contributed by atoms with E-state index in [-0.39, 0.29) is 6.09 Å². The molecule has 0 aromatic rings. The van der Waals surface area contributed by atoms with Gasteiger partial charge in [0.15, 0.2) is 0 Å². The van der Waals surface area contributed by atoms with Gasteiger partial charge in [-0.05, 0) is 20.8 Å². The Morgan fingerprint density at radius 2 is 1.78 bits per heavy atom. The van der Waals surface area contributed by atoms with E-state index in [9.17, 15) is 9.90 Å². The molecule has 1 heterocycles. The fraction of sp³-hybridized carbons (Fsp3) is 0.786. The third-order valence-corrected chi connectivity index (χ3v) is 1.74. The Bertz CT molecular complexity index is 244. The predicted octanol–water partition coefficient (Wildman–Crippen LogP) is 3.21. The minimum Gasteiger partial charge on any atom is -0.444 e. The molecule has 0 aromatic carbocycles. The van der Waals surface area contributed by atoms with Gasteiger partial charge >= 0.3 is 6.09 Å². The lowest BCUT2D eigenvalue weighted by Crippen LogP contribution is -2.42. The molecule has 1 atom stereocenters. The van der Waals surface area contributed by atoms with Gasteiger partial charge in [0.1, 0.15) is 5.60 Å². The molecule has 1 amide bonds. The number of aliphatic hydroxyl groups excluding tert-OH is 1. The van der Waals surface area contributed by atoms with Gasteiger partial charge in [0.05, 0.1) is 12.6 Å². The van der Waals surface area contributed by atoms with Crippen molar-refractivity contribution < 1.29 is 14.6 Å². The van der Waals surface area contributed by atoms with E-state index in [4.69, 9.17) is 4.74 Å². The van der Waals surface area contributed by atoms with Crippen LogP contribution in [0.1, 0.15) is 48.5 Å². The van der Waals surface area contributed by atoms with Gasteiger partial charge in [-0.3, -0.25) is 0 Å². The number of rotatable bonds is 0. The average Bonchev–Trinajstić information content (AvgIpc) is 2.32. The Morgan fingerprint density at radius 1 is 1.28 bits per heavy atom. The molecule has 1 rings (SSSR count). The summed E-state index contributed by atoms with van der Waals surface area (Å²) in [5.41, 5.74) is -0.483. The van der Waals surface area contributed by atoms with Gasteiger partial charge in [-0.1, -0.05) is 39.8 Å². The number of ether oxygens (including phenoxy) is 1. The number of aliphatic hydroxyl groups is 1. The molecule has 1 aliphatic heterocycles. The highest BCUT2D eigenvalue weighted by atomic mass is 16.6. The van der Waals surface area contributed by atoms with E-state index in [2.05, 4.69) is 0 Å². The van der Waals surface area contributed by atoms with Crippen molar-refractivity contribution in [1.82, 2.24) is 4.90 Å². The minimum atomic E-state index is -0.573. The van der Waals surface area contributed by atoms with Crippen LogP contribution in [-0.4, -0.2) is 40.9 Å². The van der Waals surface area contributed by atoms with Crippen LogP contribution < -0.4 is 0 Å². The number of carbonyl (C=O) groups excluding carboxylic acids is 1. The van der Waals surface area contributed by atoms with Crippen LogP contribution in [0.2, 0.25) is 0 Å². The maximum absolute atomic E-state index is 11.5. The van der Waals surface area contributed by atoms with Crippen molar-refractivity contribution in [2.75, 3.05) is 13.1 Å². The van der Waals surface area contributed by atoms with Crippen LogP contribution >= 0.6 is 0 Å². The third-order valence-electron chi connectivity index (χ3n) is 1.74. The maximum Gasteiger partial charge on any atom is 0.410 e. The van der Waals surface area contributed by atoms with Crippen molar-refractivity contribution >= 4 is 6.09 Å². The Morgan fingerprint density at radius 3 is 2.17 bits per heavy atom. The molecular weight excluding hydrogens is 230 g/mol. The molecule has 1 unspecified atom stereocenters. The molecule has 0 aliphatic carbocycles. The van der Waals surface area contributed by atoms with Crippen LogP contribution in [0, 0.1) is 0 Å². The third kappa shape index (κ3) is 9.05. The molecule has 0 spiro atoms. The fourth-order valence-corrected chi connectivity index (χ4v) is 1.18. The van der Waals surface area contributed by atoms with Crippen LogP contribution in [0.5, 0.6) is 0 Å². The molecule has 4 heteroatoms. The zero-order valence-corrected chi connectivity index (χ0v) is 12.9. The second kappa shape index (κ2) is 9.95. The fourth-order valence-electron chi connectivity index (χ4n) is 1.18. The van der Waals surface area contributed by atoms with Gasteiger partial charge in [0.2, 0.25) is 0 Å². The van der Waals surface area contributed by atoms with Crippen molar-refractivity contribution in [2.45, 2.75) is 60.2 Å². The molecule has 4 nitrogen and oxygen atoms in total. The normalized spacial score (nSPS) is 18.0. The number of amides is 1. The second-order valence-electron chi connectivity index (χ2n) is 4.38. The van der Waals surface area contributed by atoms with E-state index >= 15 is 0 Å². The zero-order valence-electron chi connectivity index (χ0n) is 12.9. The smallest absolute Gasteiger partial charge is 0.410 e. The first kappa shape index (κ1) is 19.3. The van der Waals surface area contributed by atoms with Gasteiger partial charge in [0, 0.05) is 6.54 Å². The second-order valence-corrected chi connectivity index (χ2v) is 4.38. The Kier molecular flexibility index (Phi) is 10.7. The molecule has 0 fully saturated rings. The summed E-state index contributed by atoms with van der Waals surface area (Å²) in [4.78, 5) is 13.0. The van der Waals surface area contributed by atoms with E-state index in [0.29, 0.717) is 13.1 Å². The SMILES string of the molecule is CC.CC.CC(C)(C)OC(=O)N1CC=CC(O)C1. The predicted molar refractivity (Wildman–Crippen MR) is 75.6 cm³/mol. The van der Waals surface area contributed by atoms with E-state index in [1.54, 1.807) is 12.2 Å². The average molecular weight is 259 g/mol. The summed E-state index contributed by atoms with van der Waals surface area (Å²) in [7, 11) is 0. The van der Waals surface area contributed by atoms with Gasteiger partial charge in [-0.2, -0.15) is 0 Å². The lowest BCUT2D eigenvalue weighted by atomic mass is 10.2. The van der Waals surface area contributed by atoms with Gasteiger partial charge in [0.25, 0.3) is 0 Å². The molecule has 0 aromatic heterocycles. The van der Waals surface area contributed by atoms with Crippen molar-refractivity contribution in [3.63, 3.8) is 0 Å². The Labute approximate surface area is 112 Å². The molecule has 18 heavy (non-hydrogen) atoms. The van der Waals surface area contributed by atoms with Gasteiger partial charge in [-0.25, -0.2) is 4.79 Å². The van der Waals surface area contributed by atoms with Crippen LogP contribution in [0.4, 0.5) is 4.79 Å².